The molecule has 1 amide bonds. The topological polar surface area (TPSA) is 76.2 Å². The van der Waals surface area contributed by atoms with E-state index in [9.17, 15) is 4.79 Å². The summed E-state index contributed by atoms with van der Waals surface area (Å²) < 4.78 is 6.95. The van der Waals surface area contributed by atoms with Crippen molar-refractivity contribution in [1.82, 2.24) is 25.2 Å². The number of carbonyl (C=O) groups is 1. The van der Waals surface area contributed by atoms with Crippen LogP contribution in [-0.4, -0.2) is 50.4 Å². The SMILES string of the molecule is CC(=O)N1CC[C@]2(C[C@H](NCCC(C)(C)C)C2c2cnn(-c3cc(C)on3)c2)C1Cl. The van der Waals surface area contributed by atoms with Gasteiger partial charge in [0.1, 0.15) is 11.3 Å². The van der Waals surface area contributed by atoms with Gasteiger partial charge in [0.05, 0.1) is 6.20 Å². The number of halogens is 1. The van der Waals surface area contributed by atoms with Gasteiger partial charge in [-0.3, -0.25) is 4.79 Å². The third kappa shape index (κ3) is 3.78. The highest BCUT2D eigenvalue weighted by molar-refractivity contribution is 6.22. The van der Waals surface area contributed by atoms with E-state index in [1.165, 1.54) is 0 Å². The van der Waals surface area contributed by atoms with Crippen molar-refractivity contribution in [2.24, 2.45) is 10.8 Å². The summed E-state index contributed by atoms with van der Waals surface area (Å²) in [7, 11) is 0. The Bertz CT molecular complexity index is 917. The molecule has 1 saturated heterocycles. The summed E-state index contributed by atoms with van der Waals surface area (Å²) in [4.78, 5) is 13.9. The lowest BCUT2D eigenvalue weighted by atomic mass is 9.54. The number of nitrogens with one attached hydrogen (secondary N) is 1. The highest BCUT2D eigenvalue weighted by Crippen LogP contribution is 2.62. The van der Waals surface area contributed by atoms with Gasteiger partial charge in [0.25, 0.3) is 0 Å². The van der Waals surface area contributed by atoms with Gasteiger partial charge in [-0.2, -0.15) is 5.10 Å². The molecule has 4 rings (SSSR count). The quantitative estimate of drug-likeness (QED) is 0.572. The summed E-state index contributed by atoms with van der Waals surface area (Å²) in [6.45, 7) is 11.9. The molecule has 3 heterocycles. The van der Waals surface area contributed by atoms with E-state index < -0.39 is 0 Å². The van der Waals surface area contributed by atoms with Crippen LogP contribution in [0.1, 0.15) is 64.2 Å². The lowest BCUT2D eigenvalue weighted by molar-refractivity contribution is -0.129. The van der Waals surface area contributed by atoms with Crippen molar-refractivity contribution >= 4 is 17.5 Å². The van der Waals surface area contributed by atoms with Crippen molar-refractivity contribution in [2.45, 2.75) is 71.3 Å². The van der Waals surface area contributed by atoms with Crippen LogP contribution in [0.3, 0.4) is 0 Å². The molecule has 0 bridgehead atoms. The Morgan fingerprint density at radius 3 is 2.80 bits per heavy atom. The molecule has 2 unspecified atom stereocenters. The van der Waals surface area contributed by atoms with Crippen LogP contribution < -0.4 is 5.32 Å². The first-order chi connectivity index (χ1) is 14.1. The van der Waals surface area contributed by atoms with Gasteiger partial charge in [0.15, 0.2) is 5.82 Å². The van der Waals surface area contributed by atoms with E-state index in [4.69, 9.17) is 16.1 Å². The fourth-order valence-electron chi connectivity index (χ4n) is 5.06. The lowest BCUT2D eigenvalue weighted by Crippen LogP contribution is -2.60. The van der Waals surface area contributed by atoms with Crippen LogP contribution in [0.5, 0.6) is 0 Å². The summed E-state index contributed by atoms with van der Waals surface area (Å²) in [5.74, 6) is 1.66. The standard InChI is InChI=1S/C22H32ClN5O2/c1-14-10-18(26-30-14)28-13-16(12-25-28)19-17(24-8-6-21(3,4)5)11-22(19)7-9-27(15(2)29)20(22)23/h10,12-13,17,19-20,24H,6-9,11H2,1-5H3/t17-,19?,20?,22+/m0/s1. The fraction of sp³-hybridized carbons (Fsp3) is 0.682. The fourth-order valence-corrected chi connectivity index (χ4v) is 5.63. The molecule has 0 radical (unpaired) electrons. The zero-order valence-corrected chi connectivity index (χ0v) is 19.2. The van der Waals surface area contributed by atoms with Crippen molar-refractivity contribution in [2.75, 3.05) is 13.1 Å². The number of amides is 1. The molecule has 8 heteroatoms. The van der Waals surface area contributed by atoms with E-state index in [0.717, 1.165) is 37.1 Å². The molecular formula is C22H32ClN5O2. The average molecular weight is 434 g/mol. The van der Waals surface area contributed by atoms with Crippen molar-refractivity contribution in [3.8, 4) is 5.82 Å². The molecular weight excluding hydrogens is 402 g/mol. The number of hydrogen-bond donors (Lipinski definition) is 1. The maximum absolute atomic E-state index is 12.1. The predicted octanol–water partition coefficient (Wildman–Crippen LogP) is 3.85. The van der Waals surface area contributed by atoms with Gasteiger partial charge in [0, 0.05) is 43.1 Å². The molecule has 0 aromatic carbocycles. The van der Waals surface area contributed by atoms with Gasteiger partial charge >= 0.3 is 0 Å². The highest BCUT2D eigenvalue weighted by atomic mass is 35.5. The monoisotopic (exact) mass is 433 g/mol. The zero-order chi connectivity index (χ0) is 21.7. The van der Waals surface area contributed by atoms with Crippen molar-refractivity contribution in [3.63, 3.8) is 0 Å². The van der Waals surface area contributed by atoms with Crippen LogP contribution in [0, 0.1) is 17.8 Å². The van der Waals surface area contributed by atoms with Gasteiger partial charge in [-0.1, -0.05) is 37.5 Å². The van der Waals surface area contributed by atoms with E-state index >= 15 is 0 Å². The normalized spacial score (nSPS) is 28.9. The van der Waals surface area contributed by atoms with Gasteiger partial charge in [0.2, 0.25) is 5.91 Å². The Morgan fingerprint density at radius 1 is 1.43 bits per heavy atom. The summed E-state index contributed by atoms with van der Waals surface area (Å²) in [6.07, 6.45) is 6.92. The maximum Gasteiger partial charge on any atom is 0.220 e. The first-order valence-corrected chi connectivity index (χ1v) is 11.2. The molecule has 1 aliphatic carbocycles. The Kier molecular flexibility index (Phi) is 5.47. The van der Waals surface area contributed by atoms with E-state index in [2.05, 4.69) is 36.3 Å². The number of likely N-dealkylation sites (tertiary alicyclic amines) is 1. The molecule has 1 spiro atoms. The van der Waals surface area contributed by atoms with Gasteiger partial charge < -0.3 is 14.7 Å². The number of carbonyl (C=O) groups excluding carboxylic acids is 1. The molecule has 7 nitrogen and oxygen atoms in total. The van der Waals surface area contributed by atoms with E-state index in [0.29, 0.717) is 18.4 Å². The lowest BCUT2D eigenvalue weighted by Gasteiger charge is -2.55. The van der Waals surface area contributed by atoms with Crippen LogP contribution in [0.15, 0.2) is 23.0 Å². The maximum atomic E-state index is 12.1. The number of alkyl halides is 1. The van der Waals surface area contributed by atoms with E-state index in [1.54, 1.807) is 11.6 Å². The number of nitrogens with zero attached hydrogens (tertiary/aromatic N) is 4. The molecule has 1 saturated carbocycles. The van der Waals surface area contributed by atoms with Crippen LogP contribution in [0.25, 0.3) is 5.82 Å². The Morgan fingerprint density at radius 2 is 2.20 bits per heavy atom. The molecule has 30 heavy (non-hydrogen) atoms. The van der Waals surface area contributed by atoms with Crippen molar-refractivity contribution in [1.29, 1.82) is 0 Å². The second-order valence-corrected chi connectivity index (χ2v) is 10.5. The first kappa shape index (κ1) is 21.4. The Balaban J connectivity index is 1.59. The largest absolute Gasteiger partial charge is 0.359 e. The number of hydrogen-bond acceptors (Lipinski definition) is 5. The molecule has 2 aromatic rings. The second kappa shape index (κ2) is 7.68. The minimum absolute atomic E-state index is 0.0449. The number of rotatable bonds is 5. The van der Waals surface area contributed by atoms with Crippen molar-refractivity contribution in [3.05, 3.63) is 29.8 Å². The third-order valence-electron chi connectivity index (χ3n) is 6.69. The smallest absolute Gasteiger partial charge is 0.220 e. The molecule has 2 aromatic heterocycles. The Hall–Kier alpha value is -1.86. The van der Waals surface area contributed by atoms with Crippen LogP contribution in [0.2, 0.25) is 0 Å². The molecule has 1 aliphatic heterocycles. The van der Waals surface area contributed by atoms with E-state index in [-0.39, 0.29) is 28.2 Å². The zero-order valence-electron chi connectivity index (χ0n) is 18.5. The second-order valence-electron chi connectivity index (χ2n) is 10.1. The van der Waals surface area contributed by atoms with Crippen LogP contribution in [-0.2, 0) is 4.79 Å². The van der Waals surface area contributed by atoms with Crippen molar-refractivity contribution < 1.29 is 9.32 Å². The molecule has 4 atom stereocenters. The summed E-state index contributed by atoms with van der Waals surface area (Å²) in [6, 6.07) is 2.18. The van der Waals surface area contributed by atoms with Gasteiger partial charge in [-0.05, 0) is 43.7 Å². The Labute approximate surface area is 183 Å². The predicted molar refractivity (Wildman–Crippen MR) is 116 cm³/mol. The average Bonchev–Trinajstić information content (AvgIpc) is 3.33. The third-order valence-corrected chi connectivity index (χ3v) is 7.36. The summed E-state index contributed by atoms with van der Waals surface area (Å²) in [5, 5.41) is 12.4. The highest BCUT2D eigenvalue weighted by Gasteiger charge is 2.62. The number of aromatic nitrogens is 3. The van der Waals surface area contributed by atoms with E-state index in [1.807, 2.05) is 30.3 Å². The molecule has 2 aliphatic rings. The molecule has 2 fully saturated rings. The van der Waals surface area contributed by atoms with Crippen LogP contribution in [0.4, 0.5) is 0 Å². The molecule has 1 N–H and O–H groups in total. The minimum atomic E-state index is -0.293. The van der Waals surface area contributed by atoms with Gasteiger partial charge in [-0.15, -0.1) is 0 Å². The van der Waals surface area contributed by atoms with Gasteiger partial charge in [-0.25, -0.2) is 4.68 Å². The minimum Gasteiger partial charge on any atom is -0.359 e. The summed E-state index contributed by atoms with van der Waals surface area (Å²) >= 11 is 6.90. The molecule has 164 valence electrons. The number of aryl methyl sites for hydroxylation is 1. The first-order valence-electron chi connectivity index (χ1n) is 10.7. The summed E-state index contributed by atoms with van der Waals surface area (Å²) in [5.41, 5.74) is 0.998. The van der Waals surface area contributed by atoms with Crippen LogP contribution >= 0.6 is 11.6 Å².